The number of carbonyl (C=O) groups is 12. The molecule has 33 heteroatoms. The monoisotopic (exact) mass is 1370 g/mol. The number of phenols is 4. The predicted octanol–water partition coefficient (Wildman–Crippen LogP) is -2.96. The van der Waals surface area contributed by atoms with Crippen molar-refractivity contribution in [2.75, 3.05) is 13.2 Å². The first-order valence-electron chi connectivity index (χ1n) is 31.2. The van der Waals surface area contributed by atoms with Gasteiger partial charge in [0, 0.05) is 38.6 Å². The van der Waals surface area contributed by atoms with Crippen molar-refractivity contribution >= 4 is 77.0 Å². The Labute approximate surface area is 563 Å². The number of carboxylic acid groups (broad SMARTS) is 2. The molecule has 0 aliphatic heterocycles. The standard InChI is InChI=1S/C65H88N14O19/c1-33(2)26-45(72-60(93)49(31-53(86)87)75-56(89)44(6-5-25-70-65(68)69)71-62(95)51(32-80)78-55(88)43(66)23-24-52(67)85)57(90)73-46(27-35-7-15-39(81)16-8-35)58(91)74-48(29-37-11-19-41(83)20-12-37)61(94)79-54(34(3)4)63(96)76-47(28-36-9-17-40(82)18-10-36)59(92)77-50(64(97)98)30-38-13-21-42(84)22-14-38/h7-22,33-34,43-51,54,80-84H,5-6,23-32,66H2,1-4H3,(H2,67,85)(H,71,95)(H,72,93)(H,73,90)(H,74,91)(H,75,89)(H,76,96)(H,77,92)(H,78,88)(H,79,94)(H,86,87)(H,97,98)(H4,68,69,70)/t43-,44-,45-,46-,47-,48-,49-,50-,51-,54-/m0/s1. The van der Waals surface area contributed by atoms with Gasteiger partial charge in [-0.15, -0.1) is 0 Å². The van der Waals surface area contributed by atoms with Gasteiger partial charge in [-0.3, -0.25) is 57.7 Å². The summed E-state index contributed by atoms with van der Waals surface area (Å²) in [5, 5.41) is 92.6. The minimum Gasteiger partial charge on any atom is -0.508 e. The van der Waals surface area contributed by atoms with Crippen molar-refractivity contribution in [3.05, 3.63) is 119 Å². The number of nitrogens with two attached hydrogens (primary N) is 4. The molecule has 0 radical (unpaired) electrons. The Morgan fingerprint density at radius 3 is 1.14 bits per heavy atom. The lowest BCUT2D eigenvalue weighted by Gasteiger charge is -2.29. The normalized spacial score (nSPS) is 14.1. The summed E-state index contributed by atoms with van der Waals surface area (Å²) in [6.07, 6.45) is -3.29. The zero-order valence-electron chi connectivity index (χ0n) is 54.4. The van der Waals surface area contributed by atoms with Gasteiger partial charge in [0.1, 0.15) is 77.4 Å². The molecule has 0 spiro atoms. The quantitative estimate of drug-likeness (QED) is 0.0120. The minimum absolute atomic E-state index is 0.0238. The second-order valence-electron chi connectivity index (χ2n) is 24.0. The largest absolute Gasteiger partial charge is 0.508 e. The number of aliphatic hydroxyl groups is 1. The number of aliphatic carboxylic acids is 2. The summed E-state index contributed by atoms with van der Waals surface area (Å²) >= 11 is 0. The van der Waals surface area contributed by atoms with E-state index in [9.17, 15) is 93.3 Å². The number of nitrogens with zero attached hydrogens (tertiary/aromatic N) is 1. The van der Waals surface area contributed by atoms with Gasteiger partial charge in [0.05, 0.1) is 19.1 Å². The third kappa shape index (κ3) is 27.7. The molecule has 0 aromatic heterocycles. The van der Waals surface area contributed by atoms with E-state index in [1.807, 2.05) is 0 Å². The van der Waals surface area contributed by atoms with Crippen molar-refractivity contribution in [3.8, 4) is 23.0 Å². The van der Waals surface area contributed by atoms with Crippen molar-refractivity contribution in [2.45, 2.75) is 152 Å². The number of guanidine groups is 1. The van der Waals surface area contributed by atoms with E-state index in [1.54, 1.807) is 27.7 Å². The van der Waals surface area contributed by atoms with Crippen LogP contribution in [-0.2, 0) is 83.2 Å². The smallest absolute Gasteiger partial charge is 0.326 e. The maximum atomic E-state index is 14.9. The van der Waals surface area contributed by atoms with Gasteiger partial charge < -0.3 is 107 Å². The van der Waals surface area contributed by atoms with Crippen LogP contribution in [0.1, 0.15) is 88.5 Å². The number of benzene rings is 4. The van der Waals surface area contributed by atoms with Crippen molar-refractivity contribution < 1.29 is 93.3 Å². The Morgan fingerprint density at radius 1 is 0.418 bits per heavy atom. The SMILES string of the molecule is CC(C)C[C@H](NC(=O)[C@H](CC(=O)O)NC(=O)[C@H](CCCN=C(N)N)NC(=O)[C@H](CO)NC(=O)[C@@H](N)CCC(N)=O)C(=O)N[C@@H](Cc1ccc(O)cc1)C(=O)N[C@@H](Cc1ccc(O)cc1)C(=O)N[C@H](C(=O)N[C@@H](Cc1ccc(O)cc1)C(=O)N[C@@H](Cc1ccc(O)cc1)C(=O)O)C(C)C. The van der Waals surface area contributed by atoms with Crippen molar-refractivity contribution in [1.82, 2.24) is 47.9 Å². The van der Waals surface area contributed by atoms with Crippen LogP contribution < -0.4 is 70.8 Å². The Balaban J connectivity index is 1.67. The van der Waals surface area contributed by atoms with E-state index in [4.69, 9.17) is 22.9 Å². The number of rotatable bonds is 40. The van der Waals surface area contributed by atoms with Crippen molar-refractivity contribution in [3.63, 3.8) is 0 Å². The molecule has 4 aromatic carbocycles. The number of carboxylic acids is 2. The molecule has 0 saturated carbocycles. The molecule has 4 rings (SSSR count). The lowest BCUT2D eigenvalue weighted by Crippen LogP contribution is -2.62. The van der Waals surface area contributed by atoms with Gasteiger partial charge in [-0.05, 0) is 108 Å². The molecule has 33 nitrogen and oxygen atoms in total. The number of primary amides is 1. The summed E-state index contributed by atoms with van der Waals surface area (Å²) in [5.74, 6) is -15.3. The Morgan fingerprint density at radius 2 is 0.755 bits per heavy atom. The number of amides is 10. The van der Waals surface area contributed by atoms with E-state index >= 15 is 0 Å². The highest BCUT2D eigenvalue weighted by atomic mass is 16.4. The number of aliphatic hydroxyl groups excluding tert-OH is 1. The Bertz CT molecular complexity index is 3420. The third-order valence-electron chi connectivity index (χ3n) is 15.0. The maximum Gasteiger partial charge on any atom is 0.326 e. The molecule has 98 heavy (non-hydrogen) atoms. The molecular formula is C65H88N14O19. The van der Waals surface area contributed by atoms with Crippen molar-refractivity contribution in [1.29, 1.82) is 0 Å². The average molecular weight is 1370 g/mol. The molecule has 10 atom stereocenters. The van der Waals surface area contributed by atoms with E-state index in [-0.39, 0.29) is 93.3 Å². The first-order chi connectivity index (χ1) is 46.2. The second kappa shape index (κ2) is 39.1. The molecule has 0 fully saturated rings. The molecule has 0 aliphatic carbocycles. The third-order valence-corrected chi connectivity index (χ3v) is 15.0. The first kappa shape index (κ1) is 79.3. The van der Waals surface area contributed by atoms with Crippen LogP contribution in [0.3, 0.4) is 0 Å². The van der Waals surface area contributed by atoms with Crippen molar-refractivity contribution in [2.24, 2.45) is 39.8 Å². The van der Waals surface area contributed by atoms with Crippen LogP contribution in [0.2, 0.25) is 0 Å². The summed E-state index contributed by atoms with van der Waals surface area (Å²) in [6.45, 7) is 5.32. The van der Waals surface area contributed by atoms with E-state index in [2.05, 4.69) is 52.8 Å². The predicted molar refractivity (Wildman–Crippen MR) is 352 cm³/mol. The summed E-state index contributed by atoms with van der Waals surface area (Å²) in [7, 11) is 0. The Hall–Kier alpha value is -11.1. The number of aliphatic imine (C=N–C) groups is 1. The summed E-state index contributed by atoms with van der Waals surface area (Å²) in [4.78, 5) is 168. The van der Waals surface area contributed by atoms with Crippen LogP contribution in [-0.4, -0.2) is 186 Å². The van der Waals surface area contributed by atoms with Crippen LogP contribution >= 0.6 is 0 Å². The topological polar surface area (TPSA) is 571 Å². The number of aromatic hydroxyl groups is 4. The highest BCUT2D eigenvalue weighted by Crippen LogP contribution is 2.18. The van der Waals surface area contributed by atoms with Gasteiger partial charge in [0.25, 0.3) is 0 Å². The van der Waals surface area contributed by atoms with Gasteiger partial charge in [-0.1, -0.05) is 76.2 Å². The van der Waals surface area contributed by atoms with E-state index < -0.39 is 156 Å². The molecular weight excluding hydrogens is 1280 g/mol. The summed E-state index contributed by atoms with van der Waals surface area (Å²) < 4.78 is 0. The fourth-order valence-electron chi connectivity index (χ4n) is 9.74. The van der Waals surface area contributed by atoms with E-state index in [0.29, 0.717) is 22.3 Å². The van der Waals surface area contributed by atoms with Crippen LogP contribution in [0.25, 0.3) is 0 Å². The maximum absolute atomic E-state index is 14.9. The van der Waals surface area contributed by atoms with Gasteiger partial charge in [0.15, 0.2) is 5.96 Å². The molecule has 532 valence electrons. The zero-order valence-corrected chi connectivity index (χ0v) is 54.4. The van der Waals surface area contributed by atoms with E-state index in [1.165, 1.54) is 97.1 Å². The van der Waals surface area contributed by atoms with Crippen LogP contribution in [0.15, 0.2) is 102 Å². The minimum atomic E-state index is -1.99. The molecule has 4 aromatic rings. The summed E-state index contributed by atoms with van der Waals surface area (Å²) in [5.41, 5.74) is 23.4. The van der Waals surface area contributed by atoms with Crippen LogP contribution in [0.5, 0.6) is 23.0 Å². The van der Waals surface area contributed by atoms with Crippen LogP contribution in [0.4, 0.5) is 0 Å². The number of hydrogen-bond donors (Lipinski definition) is 20. The molecule has 10 amide bonds. The fourth-order valence-corrected chi connectivity index (χ4v) is 9.74. The van der Waals surface area contributed by atoms with Gasteiger partial charge >= 0.3 is 11.9 Å². The van der Waals surface area contributed by atoms with Gasteiger partial charge in [0.2, 0.25) is 59.1 Å². The summed E-state index contributed by atoms with van der Waals surface area (Å²) in [6, 6.07) is 5.98. The number of nitrogens with one attached hydrogen (secondary N) is 9. The average Bonchev–Trinajstić information content (AvgIpc) is 0.850. The molecule has 0 bridgehead atoms. The first-order valence-corrected chi connectivity index (χ1v) is 31.2. The number of hydrogen-bond acceptors (Lipinski definition) is 19. The van der Waals surface area contributed by atoms with Crippen LogP contribution in [0, 0.1) is 11.8 Å². The number of phenolic OH excluding ortho intramolecular Hbond substituents is 4. The highest BCUT2D eigenvalue weighted by molar-refractivity contribution is 5.99. The fraction of sp³-hybridized carbons (Fsp3) is 0.431. The van der Waals surface area contributed by atoms with Gasteiger partial charge in [-0.2, -0.15) is 0 Å². The second-order valence-corrected chi connectivity index (χ2v) is 24.0. The molecule has 0 heterocycles. The molecule has 0 unspecified atom stereocenters. The molecule has 0 aliphatic rings. The highest BCUT2D eigenvalue weighted by Gasteiger charge is 2.37. The molecule has 24 N–H and O–H groups in total. The van der Waals surface area contributed by atoms with Gasteiger partial charge in [-0.25, -0.2) is 4.79 Å². The zero-order chi connectivity index (χ0) is 72.9. The Kier molecular flexibility index (Phi) is 31.6. The lowest BCUT2D eigenvalue weighted by molar-refractivity contribution is -0.142. The number of carbonyl (C=O) groups excluding carboxylic acids is 10. The molecule has 0 saturated heterocycles. The lowest BCUT2D eigenvalue weighted by atomic mass is 9.98. The van der Waals surface area contributed by atoms with E-state index in [0.717, 1.165) is 0 Å².